The molecule has 10 heteroatoms. The summed E-state index contributed by atoms with van der Waals surface area (Å²) >= 11 is 0. The second kappa shape index (κ2) is 8.94. The number of hydrogen-bond acceptors (Lipinski definition) is 7. The summed E-state index contributed by atoms with van der Waals surface area (Å²) in [5, 5.41) is 27.1. The van der Waals surface area contributed by atoms with Gasteiger partial charge >= 0.3 is 0 Å². The van der Waals surface area contributed by atoms with Crippen LogP contribution in [-0.4, -0.2) is 65.9 Å². The Bertz CT molecular complexity index is 1280. The van der Waals surface area contributed by atoms with Gasteiger partial charge in [0.2, 0.25) is 0 Å². The Morgan fingerprint density at radius 3 is 2.89 bits per heavy atom. The molecule has 2 amide bonds. The van der Waals surface area contributed by atoms with Crippen LogP contribution < -0.4 is 10.1 Å². The number of amides is 2. The van der Waals surface area contributed by atoms with Crippen molar-refractivity contribution in [2.45, 2.75) is 63.9 Å². The zero-order valence-corrected chi connectivity index (χ0v) is 19.8. The number of aromatic nitrogens is 3. The molecule has 1 aromatic carbocycles. The summed E-state index contributed by atoms with van der Waals surface area (Å²) < 4.78 is 7.71. The van der Waals surface area contributed by atoms with E-state index in [-0.39, 0.29) is 12.0 Å². The van der Waals surface area contributed by atoms with Crippen molar-refractivity contribution in [1.82, 2.24) is 19.5 Å². The number of fused-ring (bicyclic) bond motifs is 2. The third-order valence-electron chi connectivity index (χ3n) is 6.50. The van der Waals surface area contributed by atoms with Crippen LogP contribution in [-0.2, 0) is 6.54 Å². The Labute approximate surface area is 202 Å². The van der Waals surface area contributed by atoms with Gasteiger partial charge in [-0.05, 0) is 56.9 Å². The maximum Gasteiger partial charge on any atom is 0.261 e. The van der Waals surface area contributed by atoms with Crippen LogP contribution in [0.1, 0.15) is 65.8 Å². The van der Waals surface area contributed by atoms with E-state index in [0.29, 0.717) is 67.0 Å². The van der Waals surface area contributed by atoms with Gasteiger partial charge in [-0.2, -0.15) is 5.10 Å². The molecule has 1 aliphatic heterocycles. The normalized spacial score (nSPS) is 19.9. The Kier molecular flexibility index (Phi) is 5.94. The fourth-order valence-electron chi connectivity index (χ4n) is 4.57. The molecule has 1 aliphatic carbocycles. The number of carbonyl (C=O) groups excluding carboxylic acids is 2. The van der Waals surface area contributed by atoms with Crippen molar-refractivity contribution in [1.29, 1.82) is 0 Å². The van der Waals surface area contributed by atoms with E-state index in [1.807, 2.05) is 0 Å². The minimum absolute atomic E-state index is 0.134. The monoisotopic (exact) mass is 479 g/mol. The molecule has 2 unspecified atom stereocenters. The van der Waals surface area contributed by atoms with Gasteiger partial charge in [0.25, 0.3) is 11.8 Å². The molecule has 184 valence electrons. The zero-order chi connectivity index (χ0) is 24.7. The smallest absolute Gasteiger partial charge is 0.261 e. The first-order valence-electron chi connectivity index (χ1n) is 11.8. The van der Waals surface area contributed by atoms with Crippen molar-refractivity contribution in [3.8, 4) is 5.75 Å². The van der Waals surface area contributed by atoms with Crippen molar-refractivity contribution < 1.29 is 24.5 Å². The van der Waals surface area contributed by atoms with Gasteiger partial charge in [0.1, 0.15) is 17.4 Å². The summed E-state index contributed by atoms with van der Waals surface area (Å²) in [4.78, 5) is 32.2. The van der Waals surface area contributed by atoms with Crippen LogP contribution in [0.15, 0.2) is 36.8 Å². The van der Waals surface area contributed by atoms with Crippen LogP contribution in [0.25, 0.3) is 5.65 Å². The number of nitrogens with zero attached hydrogens (tertiary/aromatic N) is 4. The molecule has 10 nitrogen and oxygen atoms in total. The SMILES string of the molecule is CC(C)(O)CCN1Cc2cc(NC(=O)c3cnn4cccnc34)c(OC3CCC(O)C3)cc2C1=O. The summed E-state index contributed by atoms with van der Waals surface area (Å²) in [7, 11) is 0. The van der Waals surface area contributed by atoms with Crippen molar-refractivity contribution in [2.24, 2.45) is 0 Å². The fraction of sp³-hybridized carbons (Fsp3) is 0.440. The standard InChI is InChI=1S/C25H29N5O5/c1-25(2,34)6-9-29-14-15-10-20(28-23(32)19-13-27-30-8-3-7-26-22(19)30)21(12-18(15)24(29)33)35-17-5-4-16(31)11-17/h3,7-8,10,12-13,16-17,31,34H,4-6,9,11,14H2,1-2H3,(H,28,32). The lowest BCUT2D eigenvalue weighted by Crippen LogP contribution is -2.31. The molecule has 0 radical (unpaired) electrons. The van der Waals surface area contributed by atoms with Gasteiger partial charge in [-0.25, -0.2) is 9.50 Å². The number of anilines is 1. The van der Waals surface area contributed by atoms with Gasteiger partial charge in [-0.1, -0.05) is 0 Å². The molecule has 3 heterocycles. The average Bonchev–Trinajstić information content (AvgIpc) is 3.50. The molecular weight excluding hydrogens is 450 g/mol. The van der Waals surface area contributed by atoms with Gasteiger partial charge in [0.15, 0.2) is 5.65 Å². The van der Waals surface area contributed by atoms with Crippen LogP contribution in [0.3, 0.4) is 0 Å². The van der Waals surface area contributed by atoms with E-state index in [9.17, 15) is 19.8 Å². The summed E-state index contributed by atoms with van der Waals surface area (Å²) in [5.41, 5.74) is 1.61. The molecule has 2 atom stereocenters. The van der Waals surface area contributed by atoms with Crippen molar-refractivity contribution in [2.75, 3.05) is 11.9 Å². The van der Waals surface area contributed by atoms with E-state index in [1.54, 1.807) is 49.3 Å². The first-order valence-corrected chi connectivity index (χ1v) is 11.8. The topological polar surface area (TPSA) is 129 Å². The third-order valence-corrected chi connectivity index (χ3v) is 6.50. The number of hydrogen-bond donors (Lipinski definition) is 3. The number of benzene rings is 1. The van der Waals surface area contributed by atoms with Gasteiger partial charge < -0.3 is 25.2 Å². The molecule has 2 aliphatic rings. The van der Waals surface area contributed by atoms with E-state index in [2.05, 4.69) is 15.4 Å². The predicted octanol–water partition coefficient (Wildman–Crippen LogP) is 2.39. The second-order valence-electron chi connectivity index (χ2n) is 9.90. The number of aliphatic hydroxyl groups excluding tert-OH is 1. The minimum Gasteiger partial charge on any atom is -0.488 e. The summed E-state index contributed by atoms with van der Waals surface area (Å²) in [5.74, 6) is -0.137. The van der Waals surface area contributed by atoms with Crippen LogP contribution in [0, 0.1) is 0 Å². The molecule has 5 rings (SSSR count). The largest absolute Gasteiger partial charge is 0.488 e. The molecule has 1 fully saturated rings. The quantitative estimate of drug-likeness (QED) is 0.474. The lowest BCUT2D eigenvalue weighted by atomic mass is 10.1. The van der Waals surface area contributed by atoms with Crippen LogP contribution in [0.5, 0.6) is 5.75 Å². The molecular formula is C25H29N5O5. The maximum absolute atomic E-state index is 13.2. The Hall–Kier alpha value is -3.50. The predicted molar refractivity (Wildman–Crippen MR) is 127 cm³/mol. The summed E-state index contributed by atoms with van der Waals surface area (Å²) in [6.45, 7) is 4.22. The average molecular weight is 480 g/mol. The minimum atomic E-state index is -0.881. The number of nitrogens with one attached hydrogen (secondary N) is 1. The first kappa shape index (κ1) is 23.3. The molecule has 2 aromatic heterocycles. The number of rotatable bonds is 7. The van der Waals surface area contributed by atoms with E-state index >= 15 is 0 Å². The molecule has 0 bridgehead atoms. The van der Waals surface area contributed by atoms with E-state index in [4.69, 9.17) is 4.74 Å². The number of carbonyl (C=O) groups is 2. The molecule has 3 N–H and O–H groups in total. The fourth-order valence-corrected chi connectivity index (χ4v) is 4.57. The van der Waals surface area contributed by atoms with Gasteiger partial charge in [0, 0.05) is 37.5 Å². The highest BCUT2D eigenvalue weighted by Gasteiger charge is 2.32. The van der Waals surface area contributed by atoms with Crippen LogP contribution in [0.4, 0.5) is 5.69 Å². The van der Waals surface area contributed by atoms with Crippen LogP contribution in [0.2, 0.25) is 0 Å². The maximum atomic E-state index is 13.2. The Balaban J connectivity index is 1.44. The van der Waals surface area contributed by atoms with Crippen molar-refractivity contribution >= 4 is 23.1 Å². The number of ether oxygens (including phenoxy) is 1. The van der Waals surface area contributed by atoms with E-state index in [0.717, 1.165) is 5.56 Å². The summed E-state index contributed by atoms with van der Waals surface area (Å²) in [6, 6.07) is 5.18. The van der Waals surface area contributed by atoms with E-state index < -0.39 is 17.6 Å². The number of aliphatic hydroxyl groups is 2. The zero-order valence-electron chi connectivity index (χ0n) is 19.8. The highest BCUT2D eigenvalue weighted by molar-refractivity contribution is 6.09. The Morgan fingerprint density at radius 1 is 1.31 bits per heavy atom. The Morgan fingerprint density at radius 2 is 2.14 bits per heavy atom. The highest BCUT2D eigenvalue weighted by Crippen LogP contribution is 2.37. The lowest BCUT2D eigenvalue weighted by molar-refractivity contribution is 0.0516. The van der Waals surface area contributed by atoms with Crippen molar-refractivity contribution in [3.63, 3.8) is 0 Å². The van der Waals surface area contributed by atoms with Gasteiger partial charge in [-0.15, -0.1) is 0 Å². The molecule has 0 spiro atoms. The molecule has 1 saturated carbocycles. The molecule has 35 heavy (non-hydrogen) atoms. The second-order valence-corrected chi connectivity index (χ2v) is 9.90. The molecule has 0 saturated heterocycles. The van der Waals surface area contributed by atoms with Gasteiger partial charge in [-0.3, -0.25) is 9.59 Å². The highest BCUT2D eigenvalue weighted by atomic mass is 16.5. The summed E-state index contributed by atoms with van der Waals surface area (Å²) in [6.07, 6.45) is 6.41. The van der Waals surface area contributed by atoms with Crippen molar-refractivity contribution in [3.05, 3.63) is 53.5 Å². The first-order chi connectivity index (χ1) is 16.7. The third kappa shape index (κ3) is 4.85. The molecule has 3 aromatic rings. The van der Waals surface area contributed by atoms with Crippen LogP contribution >= 0.6 is 0 Å². The lowest BCUT2D eigenvalue weighted by Gasteiger charge is -2.22. The van der Waals surface area contributed by atoms with E-state index in [1.165, 1.54) is 10.7 Å². The van der Waals surface area contributed by atoms with Gasteiger partial charge in [0.05, 0.1) is 23.6 Å².